The summed E-state index contributed by atoms with van der Waals surface area (Å²) in [5.74, 6) is -1.67. The van der Waals surface area contributed by atoms with E-state index in [1.54, 1.807) is 0 Å². The Labute approximate surface area is 241 Å². The van der Waals surface area contributed by atoms with Gasteiger partial charge in [-0.25, -0.2) is 9.69 Å². The molecule has 0 spiro atoms. The van der Waals surface area contributed by atoms with Gasteiger partial charge in [-0.05, 0) is 35.1 Å². The SMILES string of the molecule is O=C1OC[C@H](C(c2ccccc2)c2ccccc2)N1C(=O)[C@H](Cc1ccccc1)CP(=O)(O)CCc1ccccc1. The lowest BCUT2D eigenvalue weighted by Crippen LogP contribution is -2.46. The average Bonchev–Trinajstić information content (AvgIpc) is 3.38. The van der Waals surface area contributed by atoms with Crippen molar-refractivity contribution in [3.05, 3.63) is 144 Å². The van der Waals surface area contributed by atoms with Gasteiger partial charge < -0.3 is 9.63 Å². The molecule has 5 rings (SSSR count). The molecule has 1 aliphatic heterocycles. The topological polar surface area (TPSA) is 83.9 Å². The molecule has 0 bridgehead atoms. The summed E-state index contributed by atoms with van der Waals surface area (Å²) in [6, 6.07) is 37.9. The number of hydrogen-bond donors (Lipinski definition) is 1. The van der Waals surface area contributed by atoms with Crippen LogP contribution in [0.5, 0.6) is 0 Å². The smallest absolute Gasteiger partial charge is 0.417 e. The van der Waals surface area contributed by atoms with E-state index in [0.29, 0.717) is 6.42 Å². The van der Waals surface area contributed by atoms with Crippen LogP contribution in [-0.4, -0.2) is 46.8 Å². The lowest BCUT2D eigenvalue weighted by molar-refractivity contribution is -0.133. The molecule has 7 heteroatoms. The predicted molar refractivity (Wildman–Crippen MR) is 160 cm³/mol. The Morgan fingerprint density at radius 3 is 1.83 bits per heavy atom. The Bertz CT molecular complexity index is 1440. The fourth-order valence-corrected chi connectivity index (χ4v) is 7.37. The fraction of sp³-hybridized carbons (Fsp3) is 0.235. The number of nitrogens with zero attached hydrogens (tertiary/aromatic N) is 1. The number of hydrogen-bond acceptors (Lipinski definition) is 4. The van der Waals surface area contributed by atoms with E-state index in [9.17, 15) is 19.0 Å². The van der Waals surface area contributed by atoms with E-state index >= 15 is 0 Å². The normalized spacial score (nSPS) is 17.2. The third-order valence-electron chi connectivity index (χ3n) is 7.62. The summed E-state index contributed by atoms with van der Waals surface area (Å²) in [6.45, 7) is 0.0435. The van der Waals surface area contributed by atoms with Crippen molar-refractivity contribution < 1.29 is 23.8 Å². The molecule has 1 unspecified atom stereocenters. The van der Waals surface area contributed by atoms with Crippen molar-refractivity contribution in [3.63, 3.8) is 0 Å². The first-order valence-electron chi connectivity index (χ1n) is 13.9. The van der Waals surface area contributed by atoms with Gasteiger partial charge in [0.25, 0.3) is 0 Å². The number of imide groups is 1. The molecule has 1 fully saturated rings. The van der Waals surface area contributed by atoms with E-state index in [0.717, 1.165) is 22.3 Å². The van der Waals surface area contributed by atoms with Gasteiger partial charge in [-0.3, -0.25) is 9.36 Å². The number of carbonyl (C=O) groups excluding carboxylic acids is 2. The second kappa shape index (κ2) is 13.1. The molecule has 41 heavy (non-hydrogen) atoms. The lowest BCUT2D eigenvalue weighted by Gasteiger charge is -2.31. The number of ether oxygens (including phenoxy) is 1. The number of benzene rings is 4. The number of aryl methyl sites for hydroxylation is 1. The minimum Gasteiger partial charge on any atom is -0.447 e. The van der Waals surface area contributed by atoms with Gasteiger partial charge in [-0.2, -0.15) is 0 Å². The van der Waals surface area contributed by atoms with Crippen LogP contribution in [0.3, 0.4) is 0 Å². The van der Waals surface area contributed by atoms with Gasteiger partial charge in [0.1, 0.15) is 6.61 Å². The first kappa shape index (κ1) is 28.5. The molecule has 2 amide bonds. The predicted octanol–water partition coefficient (Wildman–Crippen LogP) is 6.54. The van der Waals surface area contributed by atoms with Crippen LogP contribution in [0.15, 0.2) is 121 Å². The third-order valence-corrected chi connectivity index (χ3v) is 9.55. The van der Waals surface area contributed by atoms with Gasteiger partial charge >= 0.3 is 6.09 Å². The van der Waals surface area contributed by atoms with Gasteiger partial charge in [0.2, 0.25) is 13.3 Å². The molecule has 1 N–H and O–H groups in total. The van der Waals surface area contributed by atoms with Gasteiger partial charge in [0.05, 0.1) is 12.0 Å². The van der Waals surface area contributed by atoms with E-state index < -0.39 is 31.3 Å². The Morgan fingerprint density at radius 1 is 0.805 bits per heavy atom. The molecule has 0 aromatic heterocycles. The van der Waals surface area contributed by atoms with Crippen LogP contribution < -0.4 is 0 Å². The van der Waals surface area contributed by atoms with Crippen LogP contribution >= 0.6 is 7.37 Å². The number of amides is 2. The largest absolute Gasteiger partial charge is 0.447 e. The molecule has 1 aliphatic rings. The second-order valence-electron chi connectivity index (χ2n) is 10.5. The highest BCUT2D eigenvalue weighted by atomic mass is 31.2. The van der Waals surface area contributed by atoms with Crippen molar-refractivity contribution in [3.8, 4) is 0 Å². The Hall–Kier alpha value is -3.99. The monoisotopic (exact) mass is 567 g/mol. The van der Waals surface area contributed by atoms with E-state index in [1.165, 1.54) is 4.90 Å². The lowest BCUT2D eigenvalue weighted by atomic mass is 9.84. The minimum atomic E-state index is -3.72. The highest BCUT2D eigenvalue weighted by Gasteiger charge is 2.46. The third kappa shape index (κ3) is 7.21. The van der Waals surface area contributed by atoms with Crippen molar-refractivity contribution in [2.24, 2.45) is 5.92 Å². The van der Waals surface area contributed by atoms with Crippen molar-refractivity contribution >= 4 is 19.4 Å². The molecule has 4 aromatic carbocycles. The molecular weight excluding hydrogens is 533 g/mol. The quantitative estimate of drug-likeness (QED) is 0.208. The molecular formula is C34H34NO5P. The van der Waals surface area contributed by atoms with E-state index in [4.69, 9.17) is 4.74 Å². The summed E-state index contributed by atoms with van der Waals surface area (Å²) in [5, 5.41) is 0. The van der Waals surface area contributed by atoms with Crippen LogP contribution in [0.2, 0.25) is 0 Å². The molecule has 0 radical (unpaired) electrons. The molecule has 1 heterocycles. The minimum absolute atomic E-state index is 0.0435. The van der Waals surface area contributed by atoms with Crippen LogP contribution in [-0.2, 0) is 26.9 Å². The highest BCUT2D eigenvalue weighted by Crippen LogP contribution is 2.45. The van der Waals surface area contributed by atoms with Crippen molar-refractivity contribution in [2.45, 2.75) is 24.8 Å². The van der Waals surface area contributed by atoms with E-state index in [-0.39, 0.29) is 31.3 Å². The van der Waals surface area contributed by atoms with Crippen molar-refractivity contribution in [1.82, 2.24) is 4.90 Å². The number of rotatable bonds is 11. The highest BCUT2D eigenvalue weighted by molar-refractivity contribution is 7.58. The summed E-state index contributed by atoms with van der Waals surface area (Å²) < 4.78 is 19.0. The maximum absolute atomic E-state index is 14.3. The summed E-state index contributed by atoms with van der Waals surface area (Å²) in [5.41, 5.74) is 3.73. The summed E-state index contributed by atoms with van der Waals surface area (Å²) in [6.07, 6.45) is -0.204. The molecule has 0 saturated carbocycles. The molecule has 0 aliphatic carbocycles. The van der Waals surface area contributed by atoms with Crippen LogP contribution in [0.25, 0.3) is 0 Å². The maximum atomic E-state index is 14.3. The zero-order valence-electron chi connectivity index (χ0n) is 22.8. The average molecular weight is 568 g/mol. The standard InChI is InChI=1S/C34H34NO5P/c36-33(30(23-27-15-7-2-8-16-27)25-41(38,39)22-21-26-13-5-1-6-14-26)35-31(24-40-34(35)37)32(28-17-9-3-10-18-28)29-19-11-4-12-20-29/h1-20,30-32H,21-25H2,(H,38,39)/t30-,31-/m1/s1. The molecule has 3 atom stereocenters. The van der Waals surface area contributed by atoms with Gasteiger partial charge in [0, 0.05) is 18.2 Å². The maximum Gasteiger partial charge on any atom is 0.417 e. The number of cyclic esters (lactones) is 1. The van der Waals surface area contributed by atoms with Crippen LogP contribution in [0.1, 0.15) is 28.2 Å². The second-order valence-corrected chi connectivity index (χ2v) is 13.0. The Morgan fingerprint density at radius 2 is 1.29 bits per heavy atom. The molecule has 6 nitrogen and oxygen atoms in total. The van der Waals surface area contributed by atoms with Crippen LogP contribution in [0, 0.1) is 5.92 Å². The summed E-state index contributed by atoms with van der Waals surface area (Å²) in [7, 11) is -3.72. The van der Waals surface area contributed by atoms with E-state index in [1.807, 2.05) is 121 Å². The molecule has 210 valence electrons. The van der Waals surface area contributed by atoms with E-state index in [2.05, 4.69) is 0 Å². The molecule has 1 saturated heterocycles. The Balaban J connectivity index is 1.45. The first-order valence-corrected chi connectivity index (χ1v) is 15.9. The van der Waals surface area contributed by atoms with Crippen LogP contribution in [0.4, 0.5) is 4.79 Å². The first-order chi connectivity index (χ1) is 19.9. The zero-order chi connectivity index (χ0) is 28.7. The fourth-order valence-electron chi connectivity index (χ4n) is 5.60. The van der Waals surface area contributed by atoms with Crippen molar-refractivity contribution in [2.75, 3.05) is 18.9 Å². The van der Waals surface area contributed by atoms with Crippen molar-refractivity contribution in [1.29, 1.82) is 0 Å². The number of carbonyl (C=O) groups is 2. The van der Waals surface area contributed by atoms with Gasteiger partial charge in [-0.1, -0.05) is 121 Å². The summed E-state index contributed by atoms with van der Waals surface area (Å²) >= 11 is 0. The zero-order valence-corrected chi connectivity index (χ0v) is 23.7. The molecule has 4 aromatic rings. The Kier molecular flexibility index (Phi) is 9.13. The van der Waals surface area contributed by atoms with Gasteiger partial charge in [-0.15, -0.1) is 0 Å². The summed E-state index contributed by atoms with van der Waals surface area (Å²) in [4.78, 5) is 39.7. The van der Waals surface area contributed by atoms with Gasteiger partial charge in [0.15, 0.2) is 0 Å².